The summed E-state index contributed by atoms with van der Waals surface area (Å²) in [6.45, 7) is 1.29. The van der Waals surface area contributed by atoms with Crippen LogP contribution in [0.3, 0.4) is 0 Å². The molecule has 0 saturated heterocycles. The van der Waals surface area contributed by atoms with Gasteiger partial charge in [0.05, 0.1) is 19.8 Å². The Morgan fingerprint density at radius 1 is 1.14 bits per heavy atom. The van der Waals surface area contributed by atoms with Gasteiger partial charge in [0, 0.05) is 5.02 Å². The van der Waals surface area contributed by atoms with Crippen LogP contribution in [0.15, 0.2) is 24.3 Å². The fourth-order valence-electron chi connectivity index (χ4n) is 1.50. The number of hydrogen-bond acceptors (Lipinski definition) is 5. The van der Waals surface area contributed by atoms with Crippen molar-refractivity contribution in [1.29, 1.82) is 0 Å². The molecule has 1 aromatic rings. The highest BCUT2D eigenvalue weighted by molar-refractivity contribution is 6.30. The fraction of sp³-hybridized carbons (Fsp3) is 0.500. The maximum Gasteiger partial charge on any atom is 0.264 e. The number of aliphatic hydroxyl groups is 3. The second-order valence-corrected chi connectivity index (χ2v) is 5.71. The van der Waals surface area contributed by atoms with E-state index in [0.717, 1.165) is 0 Å². The Kier molecular flexibility index (Phi) is 5.98. The molecule has 0 aliphatic rings. The van der Waals surface area contributed by atoms with Crippen molar-refractivity contribution >= 4 is 17.5 Å². The smallest absolute Gasteiger partial charge is 0.264 e. The van der Waals surface area contributed by atoms with E-state index in [4.69, 9.17) is 16.3 Å². The van der Waals surface area contributed by atoms with Crippen LogP contribution in [-0.2, 0) is 4.79 Å². The molecule has 0 radical (unpaired) electrons. The normalized spacial score (nSPS) is 12.1. The molecule has 0 bridgehead atoms. The molecule has 1 amide bonds. The van der Waals surface area contributed by atoms with Gasteiger partial charge >= 0.3 is 0 Å². The van der Waals surface area contributed by atoms with Gasteiger partial charge in [0.25, 0.3) is 5.91 Å². The summed E-state index contributed by atoms with van der Waals surface area (Å²) in [7, 11) is 0. The second-order valence-electron chi connectivity index (χ2n) is 5.28. The van der Waals surface area contributed by atoms with E-state index in [0.29, 0.717) is 10.8 Å². The highest BCUT2D eigenvalue weighted by atomic mass is 35.5. The molecule has 0 aromatic heterocycles. The van der Waals surface area contributed by atoms with Crippen molar-refractivity contribution in [2.75, 3.05) is 19.8 Å². The lowest BCUT2D eigenvalue weighted by Gasteiger charge is -2.33. The monoisotopic (exact) mass is 317 g/mol. The lowest BCUT2D eigenvalue weighted by atomic mass is 10.0. The molecule has 0 unspecified atom stereocenters. The topological polar surface area (TPSA) is 99.0 Å². The molecule has 118 valence electrons. The summed E-state index contributed by atoms with van der Waals surface area (Å²) in [6, 6.07) is 6.50. The summed E-state index contributed by atoms with van der Waals surface area (Å²) in [4.78, 5) is 12.2. The summed E-state index contributed by atoms with van der Waals surface area (Å²) >= 11 is 5.77. The highest BCUT2D eigenvalue weighted by Crippen LogP contribution is 2.21. The largest absolute Gasteiger partial charge is 0.478 e. The zero-order valence-electron chi connectivity index (χ0n) is 12.0. The van der Waals surface area contributed by atoms with Gasteiger partial charge < -0.3 is 25.4 Å². The molecule has 0 spiro atoms. The van der Waals surface area contributed by atoms with Crippen molar-refractivity contribution in [3.63, 3.8) is 0 Å². The van der Waals surface area contributed by atoms with Crippen molar-refractivity contribution in [3.8, 4) is 5.75 Å². The molecule has 21 heavy (non-hydrogen) atoms. The standard InChI is InChI=1S/C14H20ClNO5/c1-13(2,21-11-5-3-10(15)4-6-11)12(20)16-14(7-17,8-18)9-19/h3-6,17-19H,7-9H2,1-2H3,(H,16,20). The minimum Gasteiger partial charge on any atom is -0.478 e. The van der Waals surface area contributed by atoms with E-state index in [1.165, 1.54) is 13.8 Å². The Morgan fingerprint density at radius 2 is 1.62 bits per heavy atom. The molecule has 4 N–H and O–H groups in total. The Hall–Kier alpha value is -1.34. The van der Waals surface area contributed by atoms with Crippen LogP contribution < -0.4 is 10.1 Å². The zero-order valence-corrected chi connectivity index (χ0v) is 12.7. The van der Waals surface area contributed by atoms with E-state index in [1.807, 2.05) is 0 Å². The van der Waals surface area contributed by atoms with E-state index in [1.54, 1.807) is 24.3 Å². The predicted molar refractivity (Wildman–Crippen MR) is 78.3 cm³/mol. The molecule has 0 saturated carbocycles. The molecule has 0 aliphatic carbocycles. The molecule has 1 aromatic carbocycles. The van der Waals surface area contributed by atoms with Gasteiger partial charge in [-0.2, -0.15) is 0 Å². The van der Waals surface area contributed by atoms with Crippen LogP contribution in [0.1, 0.15) is 13.8 Å². The van der Waals surface area contributed by atoms with Gasteiger partial charge in [0.2, 0.25) is 0 Å². The number of aliphatic hydroxyl groups excluding tert-OH is 3. The first-order valence-corrected chi connectivity index (χ1v) is 6.76. The van der Waals surface area contributed by atoms with E-state index < -0.39 is 36.9 Å². The van der Waals surface area contributed by atoms with E-state index in [2.05, 4.69) is 5.32 Å². The Morgan fingerprint density at radius 3 is 2.05 bits per heavy atom. The number of rotatable bonds is 7. The molecule has 7 heteroatoms. The predicted octanol–water partition coefficient (Wildman–Crippen LogP) is 0.329. The van der Waals surface area contributed by atoms with Crippen LogP contribution in [-0.4, -0.2) is 52.2 Å². The number of hydrogen-bond donors (Lipinski definition) is 4. The fourth-order valence-corrected chi connectivity index (χ4v) is 1.63. The van der Waals surface area contributed by atoms with Crippen LogP contribution in [0, 0.1) is 0 Å². The quantitative estimate of drug-likeness (QED) is 0.581. The van der Waals surface area contributed by atoms with Gasteiger partial charge in [-0.05, 0) is 38.1 Å². The number of ether oxygens (including phenoxy) is 1. The number of amides is 1. The first-order valence-electron chi connectivity index (χ1n) is 6.38. The van der Waals surface area contributed by atoms with Gasteiger partial charge in [-0.3, -0.25) is 4.79 Å². The molecular formula is C14H20ClNO5. The second kappa shape index (κ2) is 7.09. The van der Waals surface area contributed by atoms with E-state index >= 15 is 0 Å². The third kappa shape index (κ3) is 4.57. The SMILES string of the molecule is CC(C)(Oc1ccc(Cl)cc1)C(=O)NC(CO)(CO)CO. The molecule has 6 nitrogen and oxygen atoms in total. The molecule has 0 aliphatic heterocycles. The number of carbonyl (C=O) groups is 1. The van der Waals surface area contributed by atoms with Crippen molar-refractivity contribution in [3.05, 3.63) is 29.3 Å². The third-order valence-corrected chi connectivity index (χ3v) is 3.27. The maximum absolute atomic E-state index is 12.2. The summed E-state index contributed by atoms with van der Waals surface area (Å²) < 4.78 is 5.58. The molecule has 0 heterocycles. The summed E-state index contributed by atoms with van der Waals surface area (Å²) in [6.07, 6.45) is 0. The first kappa shape index (κ1) is 17.7. The first-order chi connectivity index (χ1) is 9.78. The lowest BCUT2D eigenvalue weighted by molar-refractivity contribution is -0.138. The van der Waals surface area contributed by atoms with Crippen molar-refractivity contribution in [2.24, 2.45) is 0 Å². The number of carbonyl (C=O) groups excluding carboxylic acids is 1. The van der Waals surface area contributed by atoms with Crippen LogP contribution in [0.4, 0.5) is 0 Å². The Labute approximate surface area is 128 Å². The molecular weight excluding hydrogens is 298 g/mol. The van der Waals surface area contributed by atoms with Crippen LogP contribution in [0.5, 0.6) is 5.75 Å². The summed E-state index contributed by atoms with van der Waals surface area (Å²) in [5, 5.41) is 30.6. The summed E-state index contributed by atoms with van der Waals surface area (Å²) in [5.41, 5.74) is -2.75. The average molecular weight is 318 g/mol. The van der Waals surface area contributed by atoms with Gasteiger partial charge in [-0.25, -0.2) is 0 Å². The minimum absolute atomic E-state index is 0.446. The minimum atomic E-state index is -1.49. The number of benzene rings is 1. The third-order valence-electron chi connectivity index (χ3n) is 3.02. The van der Waals surface area contributed by atoms with E-state index in [9.17, 15) is 20.1 Å². The highest BCUT2D eigenvalue weighted by Gasteiger charge is 2.37. The van der Waals surface area contributed by atoms with Crippen molar-refractivity contribution < 1.29 is 24.9 Å². The molecule has 0 fully saturated rings. The zero-order chi connectivity index (χ0) is 16.1. The molecule has 0 atom stereocenters. The average Bonchev–Trinajstić information content (AvgIpc) is 2.47. The van der Waals surface area contributed by atoms with Crippen molar-refractivity contribution in [2.45, 2.75) is 25.0 Å². The Balaban J connectivity index is 2.81. The van der Waals surface area contributed by atoms with Crippen LogP contribution >= 0.6 is 11.6 Å². The van der Waals surface area contributed by atoms with Gasteiger partial charge in [-0.1, -0.05) is 11.6 Å². The molecule has 1 rings (SSSR count). The number of nitrogens with one attached hydrogen (secondary N) is 1. The van der Waals surface area contributed by atoms with E-state index in [-0.39, 0.29) is 0 Å². The van der Waals surface area contributed by atoms with Gasteiger partial charge in [-0.15, -0.1) is 0 Å². The van der Waals surface area contributed by atoms with Crippen LogP contribution in [0.2, 0.25) is 5.02 Å². The van der Waals surface area contributed by atoms with Gasteiger partial charge in [0.15, 0.2) is 5.60 Å². The van der Waals surface area contributed by atoms with Crippen molar-refractivity contribution in [1.82, 2.24) is 5.32 Å². The lowest BCUT2D eigenvalue weighted by Crippen LogP contribution is -2.62. The van der Waals surface area contributed by atoms with Crippen LogP contribution in [0.25, 0.3) is 0 Å². The summed E-state index contributed by atoms with van der Waals surface area (Å²) in [5.74, 6) is -0.128. The van der Waals surface area contributed by atoms with Gasteiger partial charge in [0.1, 0.15) is 11.3 Å². The number of halogens is 1. The maximum atomic E-state index is 12.2. The Bertz CT molecular complexity index is 462.